The van der Waals surface area contributed by atoms with Gasteiger partial charge >= 0.3 is 6.09 Å². The molecule has 0 saturated heterocycles. The van der Waals surface area contributed by atoms with Crippen molar-refractivity contribution in [2.45, 2.75) is 85.0 Å². The second-order valence-corrected chi connectivity index (χ2v) is 9.15. The Balaban J connectivity index is 3.35. The van der Waals surface area contributed by atoms with E-state index in [0.29, 0.717) is 5.56 Å². The number of ether oxygens (including phenoxy) is 1. The normalized spacial score (nSPS) is 13.1. The van der Waals surface area contributed by atoms with Crippen LogP contribution in [0.3, 0.4) is 0 Å². The fourth-order valence-electron chi connectivity index (χ4n) is 3.29. The van der Waals surface area contributed by atoms with E-state index in [0.717, 1.165) is 12.0 Å². The van der Waals surface area contributed by atoms with Crippen LogP contribution in [0.2, 0.25) is 0 Å². The van der Waals surface area contributed by atoms with E-state index in [4.69, 9.17) is 10.5 Å². The van der Waals surface area contributed by atoms with Gasteiger partial charge in [0.2, 0.25) is 17.7 Å². The molecule has 1 aromatic rings. The topological polar surface area (TPSA) is 131 Å². The Bertz CT molecular complexity index is 830. The van der Waals surface area contributed by atoms with Gasteiger partial charge in [0.25, 0.3) is 0 Å². The Kier molecular flexibility index (Phi) is 10.3. The maximum absolute atomic E-state index is 13.5. The average Bonchev–Trinajstić information content (AvgIpc) is 2.68. The minimum Gasteiger partial charge on any atom is -0.444 e. The number of hydrogen-bond donors (Lipinski definition) is 3. The lowest BCUT2D eigenvalue weighted by Gasteiger charge is -2.34. The number of aryl methyl sites for hydroxylation is 1. The molecule has 0 saturated carbocycles. The third-order valence-corrected chi connectivity index (χ3v) is 4.71. The lowest BCUT2D eigenvalue weighted by Crippen LogP contribution is -2.54. The maximum Gasteiger partial charge on any atom is 0.408 e. The lowest BCUT2D eigenvalue weighted by molar-refractivity contribution is -0.143. The van der Waals surface area contributed by atoms with Crippen molar-refractivity contribution < 1.29 is 23.9 Å². The van der Waals surface area contributed by atoms with Crippen LogP contribution in [0.25, 0.3) is 0 Å². The predicted molar refractivity (Wildman–Crippen MR) is 126 cm³/mol. The number of hydrogen-bond acceptors (Lipinski definition) is 5. The maximum atomic E-state index is 13.5. The van der Waals surface area contributed by atoms with Crippen molar-refractivity contribution in [3.8, 4) is 0 Å². The Morgan fingerprint density at radius 1 is 1.03 bits per heavy atom. The summed E-state index contributed by atoms with van der Waals surface area (Å²) in [6.45, 7) is 12.6. The number of nitrogens with one attached hydrogen (secondary N) is 2. The van der Waals surface area contributed by atoms with E-state index in [1.54, 1.807) is 27.7 Å². The van der Waals surface area contributed by atoms with Crippen LogP contribution in [0, 0.1) is 0 Å². The monoisotopic (exact) mass is 462 g/mol. The molecule has 33 heavy (non-hydrogen) atoms. The molecule has 0 aliphatic carbocycles. The average molecular weight is 463 g/mol. The Labute approximate surface area is 196 Å². The standard InChI is InChI=1S/C24H38N4O5/c1-8-16-10-12-17(13-11-16)20(21(30)26-15(3)4)28(9-2)22(31)18(14-19(25)29)27-23(32)33-24(5,6)7/h10-13,15,18,20H,8-9,14H2,1-7H3,(H2,25,29)(H,26,30)(H,27,32). The molecule has 9 nitrogen and oxygen atoms in total. The predicted octanol–water partition coefficient (Wildman–Crippen LogP) is 2.43. The first-order chi connectivity index (χ1) is 15.3. The minimum absolute atomic E-state index is 0.148. The summed E-state index contributed by atoms with van der Waals surface area (Å²) in [6.07, 6.45) is -0.448. The van der Waals surface area contributed by atoms with Crippen molar-refractivity contribution in [1.82, 2.24) is 15.5 Å². The highest BCUT2D eigenvalue weighted by Crippen LogP contribution is 2.24. The summed E-state index contributed by atoms with van der Waals surface area (Å²) < 4.78 is 5.23. The van der Waals surface area contributed by atoms with Crippen molar-refractivity contribution in [2.75, 3.05) is 6.54 Å². The first kappa shape index (κ1) is 27.9. The third-order valence-electron chi connectivity index (χ3n) is 4.71. The molecule has 0 aliphatic heterocycles. The number of likely N-dealkylation sites (N-methyl/N-ethyl adjacent to an activating group) is 1. The van der Waals surface area contributed by atoms with Gasteiger partial charge in [0.1, 0.15) is 17.7 Å². The van der Waals surface area contributed by atoms with Gasteiger partial charge in [0.05, 0.1) is 6.42 Å². The van der Waals surface area contributed by atoms with Gasteiger partial charge in [-0.05, 0) is 59.1 Å². The van der Waals surface area contributed by atoms with Gasteiger partial charge < -0.3 is 26.0 Å². The first-order valence-electron chi connectivity index (χ1n) is 11.3. The Morgan fingerprint density at radius 2 is 1.61 bits per heavy atom. The summed E-state index contributed by atoms with van der Waals surface area (Å²) in [6, 6.07) is 5.05. The number of nitrogens with zero attached hydrogens (tertiary/aromatic N) is 1. The molecule has 2 atom stereocenters. The third kappa shape index (κ3) is 9.11. The van der Waals surface area contributed by atoms with Crippen LogP contribution in [-0.4, -0.2) is 52.9 Å². The number of amides is 4. The quantitative estimate of drug-likeness (QED) is 0.491. The molecule has 0 fully saturated rings. The zero-order valence-electron chi connectivity index (χ0n) is 20.7. The van der Waals surface area contributed by atoms with Gasteiger partial charge in [0, 0.05) is 12.6 Å². The number of rotatable bonds is 10. The van der Waals surface area contributed by atoms with Gasteiger partial charge in [-0.15, -0.1) is 0 Å². The summed E-state index contributed by atoms with van der Waals surface area (Å²) >= 11 is 0. The summed E-state index contributed by atoms with van der Waals surface area (Å²) in [4.78, 5) is 52.0. The highest BCUT2D eigenvalue weighted by atomic mass is 16.6. The Hall–Kier alpha value is -3.10. The molecular weight excluding hydrogens is 424 g/mol. The Morgan fingerprint density at radius 3 is 2.03 bits per heavy atom. The highest BCUT2D eigenvalue weighted by molar-refractivity contribution is 5.94. The van der Waals surface area contributed by atoms with Crippen molar-refractivity contribution in [3.05, 3.63) is 35.4 Å². The second-order valence-electron chi connectivity index (χ2n) is 9.15. The molecule has 1 rings (SSSR count). The van der Waals surface area contributed by atoms with E-state index in [9.17, 15) is 19.2 Å². The lowest BCUT2D eigenvalue weighted by atomic mass is 10.00. The summed E-state index contributed by atoms with van der Waals surface area (Å²) in [7, 11) is 0. The van der Waals surface area contributed by atoms with E-state index < -0.39 is 42.0 Å². The smallest absolute Gasteiger partial charge is 0.408 e. The molecule has 0 aromatic heterocycles. The SMILES string of the molecule is CCc1ccc(C(C(=O)NC(C)C)N(CC)C(=O)C(CC(N)=O)NC(=O)OC(C)(C)C)cc1. The van der Waals surface area contributed by atoms with Crippen LogP contribution in [0.15, 0.2) is 24.3 Å². The molecule has 0 spiro atoms. The zero-order valence-corrected chi connectivity index (χ0v) is 20.7. The largest absolute Gasteiger partial charge is 0.444 e. The molecule has 184 valence electrons. The van der Waals surface area contributed by atoms with Crippen LogP contribution in [0.4, 0.5) is 4.79 Å². The number of carbonyl (C=O) groups is 4. The molecule has 4 amide bonds. The van der Waals surface area contributed by atoms with Gasteiger partial charge in [-0.2, -0.15) is 0 Å². The fraction of sp³-hybridized carbons (Fsp3) is 0.583. The van der Waals surface area contributed by atoms with Crippen molar-refractivity contribution in [3.63, 3.8) is 0 Å². The van der Waals surface area contributed by atoms with Crippen molar-refractivity contribution >= 4 is 23.8 Å². The summed E-state index contributed by atoms with van der Waals surface area (Å²) in [5.74, 6) is -1.74. The van der Waals surface area contributed by atoms with Gasteiger partial charge in [-0.1, -0.05) is 31.2 Å². The van der Waals surface area contributed by atoms with E-state index in [1.165, 1.54) is 4.90 Å². The molecule has 0 radical (unpaired) electrons. The molecule has 4 N–H and O–H groups in total. The molecular formula is C24H38N4O5. The number of benzene rings is 1. The van der Waals surface area contributed by atoms with Crippen LogP contribution >= 0.6 is 0 Å². The number of primary amides is 1. The first-order valence-corrected chi connectivity index (χ1v) is 11.3. The number of alkyl carbamates (subject to hydrolysis) is 1. The molecule has 2 unspecified atom stereocenters. The summed E-state index contributed by atoms with van der Waals surface area (Å²) in [5.41, 5.74) is 6.26. The van der Waals surface area contributed by atoms with E-state index >= 15 is 0 Å². The van der Waals surface area contributed by atoms with Gasteiger partial charge in [-0.3, -0.25) is 14.4 Å². The van der Waals surface area contributed by atoms with Crippen molar-refractivity contribution in [2.24, 2.45) is 5.73 Å². The molecule has 9 heteroatoms. The van der Waals surface area contributed by atoms with Crippen LogP contribution < -0.4 is 16.4 Å². The van der Waals surface area contributed by atoms with E-state index in [1.807, 2.05) is 45.0 Å². The van der Waals surface area contributed by atoms with Gasteiger partial charge in [-0.25, -0.2) is 4.79 Å². The van der Waals surface area contributed by atoms with Gasteiger partial charge in [0.15, 0.2) is 0 Å². The van der Waals surface area contributed by atoms with Crippen molar-refractivity contribution in [1.29, 1.82) is 0 Å². The number of carbonyl (C=O) groups excluding carboxylic acids is 4. The number of nitrogens with two attached hydrogens (primary N) is 1. The minimum atomic E-state index is -1.28. The molecule has 1 aromatic carbocycles. The highest BCUT2D eigenvalue weighted by Gasteiger charge is 2.36. The van der Waals surface area contributed by atoms with Crippen LogP contribution in [-0.2, 0) is 25.5 Å². The second kappa shape index (κ2) is 12.2. The summed E-state index contributed by atoms with van der Waals surface area (Å²) in [5, 5.41) is 5.29. The van der Waals surface area contributed by atoms with Crippen LogP contribution in [0.1, 0.15) is 72.1 Å². The molecule has 0 aliphatic rings. The van der Waals surface area contributed by atoms with E-state index in [-0.39, 0.29) is 18.5 Å². The molecule has 0 bridgehead atoms. The molecule has 0 heterocycles. The fourth-order valence-corrected chi connectivity index (χ4v) is 3.29. The zero-order chi connectivity index (χ0) is 25.3. The van der Waals surface area contributed by atoms with E-state index in [2.05, 4.69) is 10.6 Å². The van der Waals surface area contributed by atoms with Crippen LogP contribution in [0.5, 0.6) is 0 Å².